The smallest absolute Gasteiger partial charge is 0.119 e. The number of rotatable bonds is 14. The van der Waals surface area contributed by atoms with Crippen LogP contribution in [0.2, 0.25) is 0 Å². The van der Waals surface area contributed by atoms with Crippen molar-refractivity contribution in [1.29, 1.82) is 0 Å². The van der Waals surface area contributed by atoms with E-state index in [1.807, 2.05) is 6.07 Å². The fraction of sp³-hybridized carbons (Fsp3) is 0.469. The van der Waals surface area contributed by atoms with Crippen LogP contribution in [0.15, 0.2) is 60.7 Å². The van der Waals surface area contributed by atoms with E-state index in [4.69, 9.17) is 9.72 Å². The van der Waals surface area contributed by atoms with Crippen LogP contribution in [0, 0.1) is 0 Å². The monoisotopic (exact) mass is 470 g/mol. The van der Waals surface area contributed by atoms with Gasteiger partial charge in [-0.15, -0.1) is 0 Å². The molecule has 3 nitrogen and oxygen atoms in total. The van der Waals surface area contributed by atoms with Crippen molar-refractivity contribution in [3.63, 3.8) is 0 Å². The van der Waals surface area contributed by atoms with Gasteiger partial charge in [0.15, 0.2) is 0 Å². The van der Waals surface area contributed by atoms with E-state index in [0.717, 1.165) is 17.8 Å². The maximum Gasteiger partial charge on any atom is 0.119 e. The molecule has 4 rings (SSSR count). The first kappa shape index (κ1) is 25.3. The zero-order chi connectivity index (χ0) is 24.5. The Morgan fingerprint density at radius 2 is 1.43 bits per heavy atom. The van der Waals surface area contributed by atoms with Crippen LogP contribution in [0.25, 0.3) is 21.8 Å². The summed E-state index contributed by atoms with van der Waals surface area (Å²) in [6, 6.07) is 21.7. The lowest BCUT2D eigenvalue weighted by atomic mass is 9.97. The third-order valence-corrected chi connectivity index (χ3v) is 7.38. The summed E-state index contributed by atoms with van der Waals surface area (Å²) in [5.74, 6) is 2.31. The minimum absolute atomic E-state index is 0.233. The molecule has 0 saturated carbocycles. The molecule has 0 saturated heterocycles. The predicted molar refractivity (Wildman–Crippen MR) is 150 cm³/mol. The quantitative estimate of drug-likeness (QED) is 0.172. The Labute approximate surface area is 211 Å². The summed E-state index contributed by atoms with van der Waals surface area (Å²) in [6.45, 7) is 5.62. The molecular formula is C32H42N2O. The van der Waals surface area contributed by atoms with E-state index in [9.17, 15) is 0 Å². The molecule has 0 N–H and O–H groups in total. The van der Waals surface area contributed by atoms with Gasteiger partial charge >= 0.3 is 0 Å². The van der Waals surface area contributed by atoms with E-state index in [0.29, 0.717) is 0 Å². The van der Waals surface area contributed by atoms with Crippen molar-refractivity contribution >= 4 is 21.8 Å². The lowest BCUT2D eigenvalue weighted by Gasteiger charge is -2.16. The maximum atomic E-state index is 5.39. The van der Waals surface area contributed by atoms with Gasteiger partial charge in [-0.05, 0) is 47.0 Å². The first-order valence-electron chi connectivity index (χ1n) is 13.7. The average Bonchev–Trinajstić information content (AvgIpc) is 3.27. The molecule has 35 heavy (non-hydrogen) atoms. The molecule has 0 aliphatic carbocycles. The molecule has 3 aromatic carbocycles. The number of benzene rings is 3. The molecule has 186 valence electrons. The third kappa shape index (κ3) is 6.45. The van der Waals surface area contributed by atoms with Crippen molar-refractivity contribution in [3.8, 4) is 5.75 Å². The van der Waals surface area contributed by atoms with E-state index in [1.54, 1.807) is 7.11 Å². The number of methoxy groups -OCH3 is 1. The summed E-state index contributed by atoms with van der Waals surface area (Å²) in [7, 11) is 1.72. The molecule has 1 unspecified atom stereocenters. The molecule has 0 aliphatic heterocycles. The molecule has 0 amide bonds. The maximum absolute atomic E-state index is 5.39. The fourth-order valence-electron chi connectivity index (χ4n) is 5.20. The minimum atomic E-state index is 0.233. The van der Waals surface area contributed by atoms with Gasteiger partial charge in [0.25, 0.3) is 0 Å². The van der Waals surface area contributed by atoms with E-state index in [1.165, 1.54) is 91.9 Å². The summed E-state index contributed by atoms with van der Waals surface area (Å²) in [5.41, 5.74) is 3.67. The molecule has 0 radical (unpaired) electrons. The van der Waals surface area contributed by atoms with Crippen LogP contribution in [0.4, 0.5) is 0 Å². The van der Waals surface area contributed by atoms with Gasteiger partial charge in [0.2, 0.25) is 0 Å². The number of ether oxygens (including phenoxy) is 1. The Morgan fingerprint density at radius 3 is 2.17 bits per heavy atom. The highest BCUT2D eigenvalue weighted by molar-refractivity contribution is 5.85. The highest BCUT2D eigenvalue weighted by Crippen LogP contribution is 2.31. The highest BCUT2D eigenvalue weighted by atomic mass is 16.5. The number of imidazole rings is 1. The lowest BCUT2D eigenvalue weighted by molar-refractivity contribution is 0.415. The Hall–Kier alpha value is -2.81. The van der Waals surface area contributed by atoms with Crippen LogP contribution >= 0.6 is 0 Å². The zero-order valence-electron chi connectivity index (χ0n) is 21.9. The summed E-state index contributed by atoms with van der Waals surface area (Å²) in [4.78, 5) is 5.10. The fourth-order valence-corrected chi connectivity index (χ4v) is 5.20. The zero-order valence-corrected chi connectivity index (χ0v) is 21.9. The Morgan fingerprint density at radius 1 is 0.771 bits per heavy atom. The molecule has 0 spiro atoms. The third-order valence-electron chi connectivity index (χ3n) is 7.38. The van der Waals surface area contributed by atoms with E-state index in [2.05, 4.69) is 73.0 Å². The lowest BCUT2D eigenvalue weighted by Crippen LogP contribution is -2.09. The number of hydrogen-bond acceptors (Lipinski definition) is 2. The first-order valence-corrected chi connectivity index (χ1v) is 13.7. The molecule has 4 aromatic rings. The normalized spacial score (nSPS) is 12.4. The standard InChI is InChI=1S/C32H42N2O/c1-4-5-6-7-8-9-10-11-12-15-22-34-31-17-14-13-16-30(31)33-32(34)25(2)26-18-19-28-24-29(35-3)21-20-27(28)23-26/h13-14,16-21,23-25H,4-12,15,22H2,1-3H3. The molecule has 1 atom stereocenters. The van der Waals surface area contributed by atoms with Gasteiger partial charge in [0.1, 0.15) is 11.6 Å². The van der Waals surface area contributed by atoms with Crippen molar-refractivity contribution in [2.75, 3.05) is 7.11 Å². The Balaban J connectivity index is 1.42. The molecule has 0 aliphatic rings. The van der Waals surface area contributed by atoms with Crippen LogP contribution in [-0.4, -0.2) is 16.7 Å². The van der Waals surface area contributed by atoms with Crippen LogP contribution in [0.1, 0.15) is 95.4 Å². The number of aryl methyl sites for hydroxylation is 1. The SMILES string of the molecule is CCCCCCCCCCCCn1c(C(C)c2ccc3cc(OC)ccc3c2)nc2ccccc21. The van der Waals surface area contributed by atoms with E-state index >= 15 is 0 Å². The van der Waals surface area contributed by atoms with Crippen LogP contribution in [0.3, 0.4) is 0 Å². The van der Waals surface area contributed by atoms with Crippen molar-refractivity contribution in [2.24, 2.45) is 0 Å². The number of unbranched alkanes of at least 4 members (excludes halogenated alkanes) is 9. The van der Waals surface area contributed by atoms with Crippen molar-refractivity contribution in [2.45, 2.75) is 90.5 Å². The van der Waals surface area contributed by atoms with Crippen molar-refractivity contribution < 1.29 is 4.74 Å². The number of hydrogen-bond donors (Lipinski definition) is 0. The summed E-state index contributed by atoms with van der Waals surface area (Å²) >= 11 is 0. The topological polar surface area (TPSA) is 27.1 Å². The first-order chi connectivity index (χ1) is 17.2. The van der Waals surface area contributed by atoms with Gasteiger partial charge < -0.3 is 9.30 Å². The number of nitrogens with zero attached hydrogens (tertiary/aromatic N) is 2. The van der Waals surface area contributed by atoms with Crippen molar-refractivity contribution in [1.82, 2.24) is 9.55 Å². The van der Waals surface area contributed by atoms with Gasteiger partial charge in [-0.1, -0.05) is 108 Å². The Bertz CT molecular complexity index is 1210. The number of fused-ring (bicyclic) bond motifs is 2. The van der Waals surface area contributed by atoms with Gasteiger partial charge in [-0.3, -0.25) is 0 Å². The van der Waals surface area contributed by atoms with Gasteiger partial charge in [-0.2, -0.15) is 0 Å². The van der Waals surface area contributed by atoms with E-state index < -0.39 is 0 Å². The number of aromatic nitrogens is 2. The summed E-state index contributed by atoms with van der Waals surface area (Å²) in [6.07, 6.45) is 13.6. The van der Waals surface area contributed by atoms with Crippen LogP contribution < -0.4 is 4.74 Å². The van der Waals surface area contributed by atoms with Crippen molar-refractivity contribution in [3.05, 3.63) is 72.1 Å². The Kier molecular flexibility index (Phi) is 9.22. The van der Waals surface area contributed by atoms with Gasteiger partial charge in [-0.25, -0.2) is 4.98 Å². The minimum Gasteiger partial charge on any atom is -0.497 e. The van der Waals surface area contributed by atoms with Gasteiger partial charge in [0.05, 0.1) is 18.1 Å². The van der Waals surface area contributed by atoms with Crippen LogP contribution in [-0.2, 0) is 6.54 Å². The molecule has 0 fully saturated rings. The van der Waals surface area contributed by atoms with Gasteiger partial charge in [0, 0.05) is 12.5 Å². The molecule has 1 heterocycles. The number of para-hydroxylation sites is 2. The molecule has 1 aromatic heterocycles. The average molecular weight is 471 g/mol. The highest BCUT2D eigenvalue weighted by Gasteiger charge is 2.18. The largest absolute Gasteiger partial charge is 0.497 e. The molecular weight excluding hydrogens is 428 g/mol. The second-order valence-electron chi connectivity index (χ2n) is 9.99. The second-order valence-corrected chi connectivity index (χ2v) is 9.99. The molecule has 0 bridgehead atoms. The summed E-state index contributed by atoms with van der Waals surface area (Å²) in [5, 5.41) is 2.45. The second kappa shape index (κ2) is 12.8. The van der Waals surface area contributed by atoms with Crippen LogP contribution in [0.5, 0.6) is 5.75 Å². The summed E-state index contributed by atoms with van der Waals surface area (Å²) < 4.78 is 7.87. The molecule has 3 heteroatoms. The van der Waals surface area contributed by atoms with E-state index in [-0.39, 0.29) is 5.92 Å². The predicted octanol–water partition coefficient (Wildman–Crippen LogP) is 9.27.